The van der Waals surface area contributed by atoms with Crippen LogP contribution in [0.2, 0.25) is 0 Å². The van der Waals surface area contributed by atoms with E-state index in [0.29, 0.717) is 6.20 Å². The van der Waals surface area contributed by atoms with Crippen molar-refractivity contribution in [3.05, 3.63) is 29.6 Å². The molecule has 0 aliphatic heterocycles. The Morgan fingerprint density at radius 1 is 1.56 bits per heavy atom. The Hall–Kier alpha value is -1.59. The second-order valence-corrected chi connectivity index (χ2v) is 3.46. The Bertz CT molecular complexity index is 390. The van der Waals surface area contributed by atoms with Crippen molar-refractivity contribution in [1.82, 2.24) is 4.98 Å². The molecule has 1 atom stereocenters. The van der Waals surface area contributed by atoms with Gasteiger partial charge in [0.25, 0.3) is 0 Å². The van der Waals surface area contributed by atoms with E-state index in [1.54, 1.807) is 0 Å². The molecular weight excluding hydrogens is 223 g/mol. The molecule has 1 N–H and O–H groups in total. The number of carboxylic acids is 1. The van der Waals surface area contributed by atoms with Crippen molar-refractivity contribution >= 4 is 5.97 Å². The summed E-state index contributed by atoms with van der Waals surface area (Å²) in [6, 6.07) is 1.20. The minimum absolute atomic E-state index is 0.0371. The molecule has 1 aromatic rings. The third-order valence-electron chi connectivity index (χ3n) is 2.17. The lowest BCUT2D eigenvalue weighted by Gasteiger charge is -2.16. The molecule has 0 aromatic carbocycles. The van der Waals surface area contributed by atoms with Gasteiger partial charge in [-0.3, -0.25) is 9.78 Å². The summed E-state index contributed by atoms with van der Waals surface area (Å²) in [7, 11) is 0. The van der Waals surface area contributed by atoms with Crippen LogP contribution in [0.1, 0.15) is 30.4 Å². The summed E-state index contributed by atoms with van der Waals surface area (Å²) in [5.41, 5.74) is -0.909. The van der Waals surface area contributed by atoms with Gasteiger partial charge in [-0.15, -0.1) is 0 Å². The van der Waals surface area contributed by atoms with Crippen molar-refractivity contribution in [2.45, 2.75) is 25.4 Å². The molecule has 0 saturated carbocycles. The van der Waals surface area contributed by atoms with Crippen molar-refractivity contribution in [1.29, 1.82) is 0 Å². The molecule has 1 rings (SSSR count). The Morgan fingerprint density at radius 3 is 2.69 bits per heavy atom. The van der Waals surface area contributed by atoms with E-state index in [1.165, 1.54) is 19.2 Å². The van der Waals surface area contributed by atoms with E-state index in [2.05, 4.69) is 4.98 Å². The SMILES string of the molecule is CC(CC(=O)O)c1ccncc1C(F)(F)F. The van der Waals surface area contributed by atoms with Gasteiger partial charge in [0, 0.05) is 12.4 Å². The molecule has 1 unspecified atom stereocenters. The van der Waals surface area contributed by atoms with E-state index in [1.807, 2.05) is 0 Å². The average molecular weight is 233 g/mol. The fourth-order valence-corrected chi connectivity index (χ4v) is 1.44. The van der Waals surface area contributed by atoms with Crippen LogP contribution in [0.4, 0.5) is 13.2 Å². The van der Waals surface area contributed by atoms with Gasteiger partial charge in [0.1, 0.15) is 0 Å². The van der Waals surface area contributed by atoms with E-state index in [0.717, 1.165) is 0 Å². The van der Waals surface area contributed by atoms with Gasteiger partial charge < -0.3 is 5.11 Å². The van der Waals surface area contributed by atoms with Crippen molar-refractivity contribution in [3.63, 3.8) is 0 Å². The Labute approximate surface area is 89.9 Å². The summed E-state index contributed by atoms with van der Waals surface area (Å²) in [5.74, 6) is -1.82. The van der Waals surface area contributed by atoms with Crippen LogP contribution in [-0.4, -0.2) is 16.1 Å². The summed E-state index contributed by atoms with van der Waals surface area (Å²) >= 11 is 0. The summed E-state index contributed by atoms with van der Waals surface area (Å²) in [6.07, 6.45) is -2.90. The molecule has 6 heteroatoms. The van der Waals surface area contributed by atoms with Crippen molar-refractivity contribution < 1.29 is 23.1 Å². The van der Waals surface area contributed by atoms with E-state index < -0.39 is 23.6 Å². The van der Waals surface area contributed by atoms with Crippen LogP contribution in [0.5, 0.6) is 0 Å². The summed E-state index contributed by atoms with van der Waals surface area (Å²) in [5, 5.41) is 8.54. The maximum Gasteiger partial charge on any atom is 0.418 e. The van der Waals surface area contributed by atoms with Gasteiger partial charge in [-0.05, 0) is 17.5 Å². The zero-order valence-corrected chi connectivity index (χ0v) is 8.45. The molecule has 0 amide bonds. The second kappa shape index (κ2) is 4.51. The smallest absolute Gasteiger partial charge is 0.418 e. The highest BCUT2D eigenvalue weighted by Crippen LogP contribution is 2.35. The molecule has 0 bridgehead atoms. The summed E-state index contributed by atoms with van der Waals surface area (Å²) in [4.78, 5) is 13.9. The number of hydrogen-bond donors (Lipinski definition) is 1. The van der Waals surface area contributed by atoms with Gasteiger partial charge in [-0.1, -0.05) is 6.92 Å². The highest BCUT2D eigenvalue weighted by atomic mass is 19.4. The lowest BCUT2D eigenvalue weighted by atomic mass is 9.94. The fourth-order valence-electron chi connectivity index (χ4n) is 1.44. The minimum Gasteiger partial charge on any atom is -0.481 e. The van der Waals surface area contributed by atoms with Gasteiger partial charge in [0.05, 0.1) is 12.0 Å². The van der Waals surface area contributed by atoms with Crippen LogP contribution in [0, 0.1) is 0 Å². The molecule has 3 nitrogen and oxygen atoms in total. The molecule has 0 fully saturated rings. The molecule has 0 spiro atoms. The number of hydrogen-bond acceptors (Lipinski definition) is 2. The monoisotopic (exact) mass is 233 g/mol. The highest BCUT2D eigenvalue weighted by molar-refractivity contribution is 5.68. The molecular formula is C10H10F3NO2. The number of alkyl halides is 3. The van der Waals surface area contributed by atoms with Gasteiger partial charge >= 0.3 is 12.1 Å². The van der Waals surface area contributed by atoms with E-state index in [4.69, 9.17) is 5.11 Å². The first-order valence-corrected chi connectivity index (χ1v) is 4.55. The topological polar surface area (TPSA) is 50.2 Å². The third kappa shape index (κ3) is 2.95. The Kier molecular flexibility index (Phi) is 3.51. The van der Waals surface area contributed by atoms with Gasteiger partial charge in [0.2, 0.25) is 0 Å². The van der Waals surface area contributed by atoms with Crippen LogP contribution in [0.15, 0.2) is 18.5 Å². The first-order valence-electron chi connectivity index (χ1n) is 4.55. The number of carbonyl (C=O) groups is 1. The zero-order chi connectivity index (χ0) is 12.3. The van der Waals surface area contributed by atoms with Crippen LogP contribution in [0.3, 0.4) is 0 Å². The molecule has 1 aromatic heterocycles. The summed E-state index contributed by atoms with van der Waals surface area (Å²) in [6.45, 7) is 1.44. The van der Waals surface area contributed by atoms with Gasteiger partial charge in [-0.2, -0.15) is 13.2 Å². The largest absolute Gasteiger partial charge is 0.481 e. The third-order valence-corrected chi connectivity index (χ3v) is 2.17. The van der Waals surface area contributed by atoms with Gasteiger partial charge in [-0.25, -0.2) is 0 Å². The lowest BCUT2D eigenvalue weighted by molar-refractivity contribution is -0.140. The molecule has 16 heavy (non-hydrogen) atoms. The number of pyridine rings is 1. The summed E-state index contributed by atoms with van der Waals surface area (Å²) < 4.78 is 37.7. The molecule has 0 radical (unpaired) electrons. The number of carboxylic acid groups (broad SMARTS) is 1. The number of halogens is 3. The van der Waals surface area contributed by atoms with E-state index in [-0.39, 0.29) is 12.0 Å². The molecule has 0 aliphatic carbocycles. The minimum atomic E-state index is -4.50. The zero-order valence-electron chi connectivity index (χ0n) is 8.45. The van der Waals surface area contributed by atoms with Gasteiger partial charge in [0.15, 0.2) is 0 Å². The maximum absolute atomic E-state index is 12.6. The number of rotatable bonds is 3. The number of nitrogens with zero attached hydrogens (tertiary/aromatic N) is 1. The predicted octanol–water partition coefficient (Wildman–Crippen LogP) is 2.68. The Balaban J connectivity index is 3.08. The first-order chi connectivity index (χ1) is 7.32. The highest BCUT2D eigenvalue weighted by Gasteiger charge is 2.34. The molecule has 1 heterocycles. The molecule has 0 saturated heterocycles. The average Bonchev–Trinajstić information content (AvgIpc) is 2.15. The lowest BCUT2D eigenvalue weighted by Crippen LogP contribution is -2.13. The van der Waals surface area contributed by atoms with Crippen LogP contribution in [-0.2, 0) is 11.0 Å². The van der Waals surface area contributed by atoms with Crippen LogP contribution >= 0.6 is 0 Å². The van der Waals surface area contributed by atoms with E-state index in [9.17, 15) is 18.0 Å². The predicted molar refractivity (Wildman–Crippen MR) is 49.9 cm³/mol. The quantitative estimate of drug-likeness (QED) is 0.873. The number of aromatic nitrogens is 1. The van der Waals surface area contributed by atoms with E-state index >= 15 is 0 Å². The van der Waals surface area contributed by atoms with Crippen molar-refractivity contribution in [2.24, 2.45) is 0 Å². The number of aliphatic carboxylic acids is 1. The molecule has 88 valence electrons. The maximum atomic E-state index is 12.6. The van der Waals surface area contributed by atoms with Crippen LogP contribution in [0.25, 0.3) is 0 Å². The second-order valence-electron chi connectivity index (χ2n) is 3.46. The van der Waals surface area contributed by atoms with Crippen LogP contribution < -0.4 is 0 Å². The Morgan fingerprint density at radius 2 is 2.19 bits per heavy atom. The van der Waals surface area contributed by atoms with Crippen molar-refractivity contribution in [3.8, 4) is 0 Å². The van der Waals surface area contributed by atoms with Crippen molar-refractivity contribution in [2.75, 3.05) is 0 Å². The molecule has 0 aliphatic rings. The first kappa shape index (κ1) is 12.5. The standard InChI is InChI=1S/C10H10F3NO2/c1-6(4-9(15)16)7-2-3-14-5-8(7)10(11,12)13/h2-3,5-6H,4H2,1H3,(H,15,16). The normalized spacial score (nSPS) is 13.5. The fraction of sp³-hybridized carbons (Fsp3) is 0.400.